The molecule has 0 bridgehead atoms. The average molecular weight is 853 g/mol. The molecule has 3 fully saturated rings. The maximum absolute atomic E-state index is 14.0. The molecule has 4 atom stereocenters. The molecule has 5 heterocycles. The van der Waals surface area contributed by atoms with Gasteiger partial charge in [0.1, 0.15) is 11.9 Å². The van der Waals surface area contributed by atoms with Gasteiger partial charge >= 0.3 is 12.1 Å². The van der Waals surface area contributed by atoms with Crippen molar-refractivity contribution in [1.82, 2.24) is 25.1 Å². The molecule has 4 aliphatic rings. The molecule has 13 nitrogen and oxygen atoms in total. The SMILES string of the molecule is COC(=O)C[C@H](C(=O)N1CCC[C@H]1C1=Nc2ccc3cc(-c4ccc5cc(-c6cnc([C@@H]7CCCN7C(=O)[C@@H](NC(=O)OC)C7CCOCC7)[nH]6)ccc5c4)ccc3c2C1)C(C)C. The molecule has 328 valence electrons. The molecule has 0 saturated carbocycles. The van der Waals surface area contributed by atoms with Gasteiger partial charge in [0, 0.05) is 44.0 Å². The van der Waals surface area contributed by atoms with Crippen molar-refractivity contribution in [2.75, 3.05) is 40.5 Å². The quantitative estimate of drug-likeness (QED) is 0.126. The highest BCUT2D eigenvalue weighted by atomic mass is 16.5. The van der Waals surface area contributed by atoms with Gasteiger partial charge in [-0.2, -0.15) is 0 Å². The van der Waals surface area contributed by atoms with Crippen molar-refractivity contribution in [2.24, 2.45) is 22.7 Å². The minimum Gasteiger partial charge on any atom is -0.469 e. The summed E-state index contributed by atoms with van der Waals surface area (Å²) < 4.78 is 15.3. The summed E-state index contributed by atoms with van der Waals surface area (Å²) in [5.41, 5.74) is 7.31. The lowest BCUT2D eigenvalue weighted by atomic mass is 9.90. The minimum atomic E-state index is -0.682. The van der Waals surface area contributed by atoms with E-state index in [2.05, 4.69) is 77.0 Å². The molecule has 3 saturated heterocycles. The van der Waals surface area contributed by atoms with E-state index >= 15 is 0 Å². The number of likely N-dealkylation sites (tertiary alicyclic amines) is 2. The number of rotatable bonds is 11. The van der Waals surface area contributed by atoms with Gasteiger partial charge in [-0.25, -0.2) is 9.78 Å². The summed E-state index contributed by atoms with van der Waals surface area (Å²) in [4.78, 5) is 69.6. The number of esters is 1. The van der Waals surface area contributed by atoms with Crippen LogP contribution < -0.4 is 5.32 Å². The monoisotopic (exact) mass is 852 g/mol. The maximum atomic E-state index is 14.0. The molecule has 9 rings (SSSR count). The smallest absolute Gasteiger partial charge is 0.407 e. The van der Waals surface area contributed by atoms with E-state index in [0.29, 0.717) is 45.6 Å². The zero-order valence-electron chi connectivity index (χ0n) is 36.5. The van der Waals surface area contributed by atoms with E-state index < -0.39 is 18.1 Å². The number of methoxy groups -OCH3 is 2. The van der Waals surface area contributed by atoms with Crippen LogP contribution in [-0.4, -0.2) is 102 Å². The first-order chi connectivity index (χ1) is 30.6. The molecule has 4 aromatic carbocycles. The Balaban J connectivity index is 0.892. The third-order valence-electron chi connectivity index (χ3n) is 13.8. The average Bonchev–Trinajstić information content (AvgIpc) is 4.16. The van der Waals surface area contributed by atoms with Crippen molar-refractivity contribution >= 4 is 56.8 Å². The molecule has 0 unspecified atom stereocenters. The summed E-state index contributed by atoms with van der Waals surface area (Å²) in [5.74, 6) is -0.135. The molecule has 4 aliphatic heterocycles. The number of hydrogen-bond donors (Lipinski definition) is 2. The third kappa shape index (κ3) is 8.42. The van der Waals surface area contributed by atoms with Gasteiger partial charge in [-0.3, -0.25) is 19.4 Å². The Morgan fingerprint density at radius 2 is 1.44 bits per heavy atom. The molecule has 1 aromatic heterocycles. The number of H-pyrrole nitrogens is 1. The highest BCUT2D eigenvalue weighted by molar-refractivity contribution is 6.06. The zero-order valence-corrected chi connectivity index (χ0v) is 36.5. The second-order valence-corrected chi connectivity index (χ2v) is 17.8. The molecule has 0 spiro atoms. The van der Waals surface area contributed by atoms with Gasteiger partial charge in [0.25, 0.3) is 0 Å². The highest BCUT2D eigenvalue weighted by Gasteiger charge is 2.41. The number of nitrogens with one attached hydrogen (secondary N) is 2. The van der Waals surface area contributed by atoms with Crippen LogP contribution >= 0.6 is 0 Å². The number of nitrogens with zero attached hydrogens (tertiary/aromatic N) is 4. The van der Waals surface area contributed by atoms with E-state index in [0.717, 1.165) is 81.4 Å². The lowest BCUT2D eigenvalue weighted by Crippen LogP contribution is -2.53. The van der Waals surface area contributed by atoms with Gasteiger partial charge in [-0.05, 0) is 113 Å². The Bertz CT molecular complexity index is 2590. The van der Waals surface area contributed by atoms with E-state index in [1.54, 1.807) is 0 Å². The number of aromatic nitrogens is 2. The van der Waals surface area contributed by atoms with Crippen molar-refractivity contribution in [3.63, 3.8) is 0 Å². The summed E-state index contributed by atoms with van der Waals surface area (Å²) in [7, 11) is 2.68. The number of aliphatic imine (C=N–C) groups is 1. The predicted molar refractivity (Wildman–Crippen MR) is 242 cm³/mol. The lowest BCUT2D eigenvalue weighted by Gasteiger charge is -2.34. The number of benzene rings is 4. The van der Waals surface area contributed by atoms with Crippen molar-refractivity contribution in [2.45, 2.75) is 83.3 Å². The fourth-order valence-electron chi connectivity index (χ4n) is 10.2. The molecule has 63 heavy (non-hydrogen) atoms. The van der Waals surface area contributed by atoms with Crippen LogP contribution in [0.2, 0.25) is 0 Å². The van der Waals surface area contributed by atoms with Crippen molar-refractivity contribution in [3.05, 3.63) is 84.3 Å². The van der Waals surface area contributed by atoms with Crippen molar-refractivity contribution in [3.8, 4) is 22.4 Å². The number of fused-ring (bicyclic) bond motifs is 4. The number of imidazole rings is 1. The van der Waals surface area contributed by atoms with E-state index in [1.165, 1.54) is 25.2 Å². The Morgan fingerprint density at radius 1 is 0.794 bits per heavy atom. The van der Waals surface area contributed by atoms with Crippen molar-refractivity contribution < 1.29 is 33.4 Å². The fraction of sp³-hybridized carbons (Fsp3) is 0.440. The molecule has 3 amide bonds. The van der Waals surface area contributed by atoms with Gasteiger partial charge in [0.2, 0.25) is 11.8 Å². The number of carbonyl (C=O) groups is 4. The molecule has 5 aromatic rings. The highest BCUT2D eigenvalue weighted by Crippen LogP contribution is 2.39. The standard InChI is InChI=1S/C50H56N6O7/c1-29(2)38(27-45(57)61-3)48(58)55-19-5-7-43(55)41-26-39-37-15-13-34(24-35(37)14-16-40(39)52-41)31-9-10-33-25-36(12-11-32(33)23-31)42-28-51-47(53-42)44-8-6-20-56(44)49(59)46(54-50(60)62-4)30-17-21-63-22-18-30/h9-16,23-25,28-30,38,43-44,46H,5-8,17-22,26-27H2,1-4H3,(H,51,53)(H,54,60)/t38-,43-,44-,46-/m0/s1. The van der Waals surface area contributed by atoms with Crippen LogP contribution in [0, 0.1) is 17.8 Å². The largest absolute Gasteiger partial charge is 0.469 e. The summed E-state index contributed by atoms with van der Waals surface area (Å²) in [6, 6.07) is 22.8. The molecule has 0 aliphatic carbocycles. The molecular weight excluding hydrogens is 797 g/mol. The van der Waals surface area contributed by atoms with Gasteiger partial charge in [0.05, 0.1) is 56.2 Å². The van der Waals surface area contributed by atoms with Crippen LogP contribution in [0.1, 0.15) is 76.2 Å². The first kappa shape index (κ1) is 42.2. The number of amides is 3. The van der Waals surface area contributed by atoms with Crippen LogP contribution in [0.3, 0.4) is 0 Å². The van der Waals surface area contributed by atoms with E-state index in [-0.39, 0.29) is 48.1 Å². The Labute approximate surface area is 367 Å². The third-order valence-corrected chi connectivity index (χ3v) is 13.8. The van der Waals surface area contributed by atoms with Gasteiger partial charge in [-0.1, -0.05) is 56.3 Å². The number of alkyl carbamates (subject to hydrolysis) is 1. The first-order valence-electron chi connectivity index (χ1n) is 22.4. The van der Waals surface area contributed by atoms with Crippen LogP contribution in [0.5, 0.6) is 0 Å². The number of aromatic amines is 1. The fourth-order valence-corrected chi connectivity index (χ4v) is 10.2. The van der Waals surface area contributed by atoms with Crippen molar-refractivity contribution in [1.29, 1.82) is 0 Å². The van der Waals surface area contributed by atoms with Crippen LogP contribution in [0.15, 0.2) is 77.9 Å². The van der Waals surface area contributed by atoms with Crippen LogP contribution in [-0.2, 0) is 35.0 Å². The normalized spacial score (nSPS) is 19.9. The van der Waals surface area contributed by atoms with Gasteiger partial charge in [-0.15, -0.1) is 0 Å². The second kappa shape index (κ2) is 18.0. The Kier molecular flexibility index (Phi) is 12.0. The number of carbonyl (C=O) groups excluding carboxylic acids is 4. The molecule has 13 heteroatoms. The lowest BCUT2D eigenvalue weighted by molar-refractivity contribution is -0.148. The van der Waals surface area contributed by atoms with Gasteiger partial charge in [0.15, 0.2) is 0 Å². The Hall–Kier alpha value is -6.08. The van der Waals surface area contributed by atoms with E-state index in [4.69, 9.17) is 24.2 Å². The zero-order chi connectivity index (χ0) is 43.8. The number of ether oxygens (including phenoxy) is 3. The van der Waals surface area contributed by atoms with Gasteiger partial charge < -0.3 is 34.3 Å². The summed E-state index contributed by atoms with van der Waals surface area (Å²) >= 11 is 0. The summed E-state index contributed by atoms with van der Waals surface area (Å²) in [5, 5.41) is 7.36. The van der Waals surface area contributed by atoms with E-state index in [9.17, 15) is 19.2 Å². The summed E-state index contributed by atoms with van der Waals surface area (Å²) in [6.45, 7) is 6.37. The van der Waals surface area contributed by atoms with Crippen LogP contribution in [0.4, 0.5) is 10.5 Å². The maximum Gasteiger partial charge on any atom is 0.407 e. The molecule has 2 N–H and O–H groups in total. The topological polar surface area (TPSA) is 156 Å². The van der Waals surface area contributed by atoms with Crippen LogP contribution in [0.25, 0.3) is 43.9 Å². The molecular formula is C50H56N6O7. The first-order valence-corrected chi connectivity index (χ1v) is 22.4. The second-order valence-electron chi connectivity index (χ2n) is 17.8. The minimum absolute atomic E-state index is 0.0153. The number of hydrogen-bond acceptors (Lipinski definition) is 9. The van der Waals surface area contributed by atoms with E-state index in [1.807, 2.05) is 29.8 Å². The predicted octanol–water partition coefficient (Wildman–Crippen LogP) is 8.32. The summed E-state index contributed by atoms with van der Waals surface area (Å²) in [6.07, 6.45) is 6.82. The molecule has 0 radical (unpaired) electrons. The Morgan fingerprint density at radius 3 is 2.16 bits per heavy atom.